The molecule has 0 saturated carbocycles. The van der Waals surface area contributed by atoms with E-state index in [4.69, 9.17) is 0 Å². The van der Waals surface area contributed by atoms with Crippen LogP contribution in [0.25, 0.3) is 5.69 Å². The Labute approximate surface area is 144 Å². The van der Waals surface area contributed by atoms with E-state index in [9.17, 15) is 13.2 Å². The van der Waals surface area contributed by atoms with Gasteiger partial charge >= 0.3 is 6.18 Å². The van der Waals surface area contributed by atoms with Crippen molar-refractivity contribution in [3.05, 3.63) is 83.7 Å². The number of rotatable bonds is 5. The number of alkyl halides is 3. The first-order valence-electron chi connectivity index (χ1n) is 7.85. The summed E-state index contributed by atoms with van der Waals surface area (Å²) in [6.45, 7) is 1.03. The zero-order valence-corrected chi connectivity index (χ0v) is 13.7. The Morgan fingerprint density at radius 1 is 0.960 bits per heavy atom. The summed E-state index contributed by atoms with van der Waals surface area (Å²) in [6.07, 6.45) is -0.612. The molecule has 3 nitrogen and oxygen atoms in total. The van der Waals surface area contributed by atoms with Crippen LogP contribution in [0.3, 0.4) is 0 Å². The number of aromatic nitrogens is 2. The van der Waals surface area contributed by atoms with Crippen LogP contribution in [0.15, 0.2) is 67.0 Å². The first kappa shape index (κ1) is 17.2. The van der Waals surface area contributed by atoms with Crippen LogP contribution in [0, 0.1) is 0 Å². The van der Waals surface area contributed by atoms with Gasteiger partial charge in [-0.15, -0.1) is 0 Å². The molecule has 3 aromatic rings. The van der Waals surface area contributed by atoms with Crippen LogP contribution >= 0.6 is 0 Å². The second-order valence-corrected chi connectivity index (χ2v) is 6.00. The molecule has 0 atom stereocenters. The summed E-state index contributed by atoms with van der Waals surface area (Å²) >= 11 is 0. The number of nitrogens with zero attached hydrogens (tertiary/aromatic N) is 3. The summed E-state index contributed by atoms with van der Waals surface area (Å²) in [5.41, 5.74) is 1.98. The van der Waals surface area contributed by atoms with Crippen molar-refractivity contribution < 1.29 is 13.2 Å². The molecule has 0 aliphatic carbocycles. The third kappa shape index (κ3) is 4.48. The number of benzene rings is 2. The van der Waals surface area contributed by atoms with Crippen LogP contribution in [0.5, 0.6) is 0 Å². The van der Waals surface area contributed by atoms with Crippen molar-refractivity contribution in [3.8, 4) is 5.69 Å². The van der Waals surface area contributed by atoms with Gasteiger partial charge in [0.1, 0.15) is 0 Å². The molecule has 1 aromatic heterocycles. The molecular formula is C19H18F3N3. The fourth-order valence-electron chi connectivity index (χ4n) is 2.69. The third-order valence-corrected chi connectivity index (χ3v) is 3.82. The average molecular weight is 345 g/mol. The van der Waals surface area contributed by atoms with Crippen LogP contribution in [0.4, 0.5) is 13.2 Å². The van der Waals surface area contributed by atoms with Gasteiger partial charge in [0.25, 0.3) is 0 Å². The number of para-hydroxylation sites is 1. The topological polar surface area (TPSA) is 21.1 Å². The van der Waals surface area contributed by atoms with E-state index in [2.05, 4.69) is 5.10 Å². The van der Waals surface area contributed by atoms with Crippen molar-refractivity contribution in [2.75, 3.05) is 7.05 Å². The van der Waals surface area contributed by atoms with Gasteiger partial charge in [-0.25, -0.2) is 4.68 Å². The highest BCUT2D eigenvalue weighted by Crippen LogP contribution is 2.29. The molecule has 2 aromatic carbocycles. The number of hydrogen-bond acceptors (Lipinski definition) is 2. The lowest BCUT2D eigenvalue weighted by Crippen LogP contribution is -2.17. The van der Waals surface area contributed by atoms with Crippen molar-refractivity contribution in [2.24, 2.45) is 0 Å². The highest BCUT2D eigenvalue weighted by atomic mass is 19.4. The van der Waals surface area contributed by atoms with Gasteiger partial charge in [-0.2, -0.15) is 18.3 Å². The Morgan fingerprint density at radius 3 is 2.40 bits per heavy atom. The van der Waals surface area contributed by atoms with Crippen LogP contribution in [-0.4, -0.2) is 21.7 Å². The zero-order valence-electron chi connectivity index (χ0n) is 13.7. The highest BCUT2D eigenvalue weighted by Gasteiger charge is 2.30. The maximum atomic E-state index is 12.8. The molecule has 0 N–H and O–H groups in total. The summed E-state index contributed by atoms with van der Waals surface area (Å²) in [5, 5.41) is 4.33. The average Bonchev–Trinajstić information content (AvgIpc) is 3.03. The molecule has 25 heavy (non-hydrogen) atoms. The largest absolute Gasteiger partial charge is 0.416 e. The summed E-state index contributed by atoms with van der Waals surface area (Å²) in [4.78, 5) is 1.96. The maximum absolute atomic E-state index is 12.8. The molecule has 0 fully saturated rings. The van der Waals surface area contributed by atoms with E-state index < -0.39 is 11.7 Å². The lowest BCUT2D eigenvalue weighted by atomic mass is 10.1. The van der Waals surface area contributed by atoms with Gasteiger partial charge in [0.15, 0.2) is 0 Å². The monoisotopic (exact) mass is 345 g/mol. The van der Waals surface area contributed by atoms with Crippen molar-refractivity contribution in [1.29, 1.82) is 0 Å². The Kier molecular flexibility index (Phi) is 4.90. The second kappa shape index (κ2) is 7.11. The number of hydrogen-bond donors (Lipinski definition) is 0. The smallest absolute Gasteiger partial charge is 0.298 e. The summed E-state index contributed by atoms with van der Waals surface area (Å²) in [5.74, 6) is 0. The molecule has 0 spiro atoms. The van der Waals surface area contributed by atoms with E-state index in [1.165, 1.54) is 12.1 Å². The van der Waals surface area contributed by atoms with E-state index in [0.717, 1.165) is 17.3 Å². The Bertz CT molecular complexity index is 825. The Morgan fingerprint density at radius 2 is 1.68 bits per heavy atom. The van der Waals surface area contributed by atoms with E-state index in [1.807, 2.05) is 48.5 Å². The van der Waals surface area contributed by atoms with Crippen LogP contribution in [0.1, 0.15) is 16.7 Å². The minimum atomic E-state index is -4.31. The highest BCUT2D eigenvalue weighted by molar-refractivity contribution is 5.31. The molecule has 0 radical (unpaired) electrons. The van der Waals surface area contributed by atoms with Gasteiger partial charge in [0, 0.05) is 24.8 Å². The SMILES string of the molecule is CN(Cc1cccc(C(F)(F)F)c1)Cc1cnn(-c2ccccc2)c1. The van der Waals surface area contributed by atoms with E-state index in [0.29, 0.717) is 18.7 Å². The lowest BCUT2D eigenvalue weighted by Gasteiger charge is -2.16. The molecular weight excluding hydrogens is 327 g/mol. The van der Waals surface area contributed by atoms with Gasteiger partial charge in [-0.05, 0) is 30.8 Å². The second-order valence-electron chi connectivity index (χ2n) is 6.00. The van der Waals surface area contributed by atoms with Crippen molar-refractivity contribution in [2.45, 2.75) is 19.3 Å². The summed E-state index contributed by atoms with van der Waals surface area (Å²) < 4.78 is 40.2. The molecule has 0 aliphatic rings. The fraction of sp³-hybridized carbons (Fsp3) is 0.211. The van der Waals surface area contributed by atoms with E-state index >= 15 is 0 Å². The molecule has 0 amide bonds. The zero-order chi connectivity index (χ0) is 17.9. The van der Waals surface area contributed by atoms with Crippen LogP contribution in [-0.2, 0) is 19.3 Å². The van der Waals surface area contributed by atoms with E-state index in [-0.39, 0.29) is 0 Å². The van der Waals surface area contributed by atoms with Crippen LogP contribution in [0.2, 0.25) is 0 Å². The molecule has 0 saturated heterocycles. The van der Waals surface area contributed by atoms with Gasteiger partial charge in [0.2, 0.25) is 0 Å². The predicted molar refractivity (Wildman–Crippen MR) is 90.2 cm³/mol. The lowest BCUT2D eigenvalue weighted by molar-refractivity contribution is -0.137. The minimum Gasteiger partial charge on any atom is -0.298 e. The first-order chi connectivity index (χ1) is 11.9. The molecule has 3 rings (SSSR count). The standard InChI is InChI=1S/C19H18F3N3/c1-24(12-15-6-5-7-17(10-15)19(20,21)22)13-16-11-23-25(14-16)18-8-3-2-4-9-18/h2-11,14H,12-13H2,1H3. The van der Waals surface area contributed by atoms with Crippen molar-refractivity contribution in [3.63, 3.8) is 0 Å². The van der Waals surface area contributed by atoms with E-state index in [1.54, 1.807) is 16.9 Å². The Hall–Kier alpha value is -2.60. The maximum Gasteiger partial charge on any atom is 0.416 e. The summed E-state index contributed by atoms with van der Waals surface area (Å²) in [6, 6.07) is 15.2. The summed E-state index contributed by atoms with van der Waals surface area (Å²) in [7, 11) is 1.88. The molecule has 6 heteroatoms. The molecule has 0 aliphatic heterocycles. The van der Waals surface area contributed by atoms with Gasteiger partial charge in [0.05, 0.1) is 17.4 Å². The predicted octanol–water partition coefficient (Wildman–Crippen LogP) is 4.52. The normalized spacial score (nSPS) is 11.9. The molecule has 1 heterocycles. The fourth-order valence-corrected chi connectivity index (χ4v) is 2.69. The number of halogens is 3. The van der Waals surface area contributed by atoms with Gasteiger partial charge in [-0.3, -0.25) is 4.90 Å². The molecule has 0 bridgehead atoms. The van der Waals surface area contributed by atoms with Gasteiger partial charge in [-0.1, -0.05) is 36.4 Å². The third-order valence-electron chi connectivity index (χ3n) is 3.82. The minimum absolute atomic E-state index is 0.431. The van der Waals surface area contributed by atoms with Gasteiger partial charge < -0.3 is 0 Å². The Balaban J connectivity index is 1.65. The molecule has 0 unspecified atom stereocenters. The van der Waals surface area contributed by atoms with Crippen molar-refractivity contribution >= 4 is 0 Å². The van der Waals surface area contributed by atoms with Crippen molar-refractivity contribution in [1.82, 2.24) is 14.7 Å². The van der Waals surface area contributed by atoms with Crippen LogP contribution < -0.4 is 0 Å². The quantitative estimate of drug-likeness (QED) is 0.678. The molecule has 130 valence electrons. The first-order valence-corrected chi connectivity index (χ1v) is 7.85.